The molecule has 0 unspecified atom stereocenters. The van der Waals surface area contributed by atoms with Crippen LogP contribution in [0.1, 0.15) is 5.56 Å². The number of ether oxygens (including phenoxy) is 1. The zero-order valence-corrected chi connectivity index (χ0v) is 10.3. The van der Waals surface area contributed by atoms with Crippen LogP contribution in [-0.2, 0) is 0 Å². The molecule has 2 aromatic rings. The molecular weight excluding hydrogens is 238 g/mol. The van der Waals surface area contributed by atoms with Crippen molar-refractivity contribution in [3.8, 4) is 17.0 Å². The average Bonchev–Trinajstić information content (AvgIpc) is 2.33. The number of aryl methyl sites for hydroxylation is 1. The van der Waals surface area contributed by atoms with Gasteiger partial charge in [-0.3, -0.25) is 0 Å². The van der Waals surface area contributed by atoms with E-state index in [0.717, 1.165) is 11.1 Å². The summed E-state index contributed by atoms with van der Waals surface area (Å²) in [7, 11) is 1.61. The molecule has 4 nitrogen and oxygen atoms in total. The second-order valence-corrected chi connectivity index (χ2v) is 4.05. The van der Waals surface area contributed by atoms with Crippen LogP contribution < -0.4 is 10.5 Å². The Bertz CT molecular complexity index is 540. The Hall–Kier alpha value is -1.81. The van der Waals surface area contributed by atoms with Gasteiger partial charge in [-0.05, 0) is 36.8 Å². The summed E-state index contributed by atoms with van der Waals surface area (Å²) in [6, 6.07) is 7.16. The molecule has 0 aliphatic heterocycles. The molecule has 2 N–H and O–H groups in total. The highest BCUT2D eigenvalue weighted by Gasteiger charge is 2.10. The lowest BCUT2D eigenvalue weighted by Gasteiger charge is -2.10. The van der Waals surface area contributed by atoms with Gasteiger partial charge in [0.15, 0.2) is 0 Å². The van der Waals surface area contributed by atoms with Gasteiger partial charge < -0.3 is 10.5 Å². The van der Waals surface area contributed by atoms with Crippen molar-refractivity contribution in [1.82, 2.24) is 10.2 Å². The standard InChI is InChI=1S/C12H12ClN3O/c1-7-5-11(17-2)8(6-9(7)13)10-3-4-12(14)16-15-10/h3-6H,1-2H3,(H2,14,16). The van der Waals surface area contributed by atoms with Crippen molar-refractivity contribution < 1.29 is 4.74 Å². The van der Waals surface area contributed by atoms with Gasteiger partial charge >= 0.3 is 0 Å². The van der Waals surface area contributed by atoms with Crippen LogP contribution in [0.5, 0.6) is 5.75 Å². The number of halogens is 1. The van der Waals surface area contributed by atoms with Gasteiger partial charge in [0.1, 0.15) is 11.6 Å². The van der Waals surface area contributed by atoms with Crippen molar-refractivity contribution in [3.05, 3.63) is 34.9 Å². The van der Waals surface area contributed by atoms with Gasteiger partial charge in [0.05, 0.1) is 12.8 Å². The maximum Gasteiger partial charge on any atom is 0.146 e. The highest BCUT2D eigenvalue weighted by molar-refractivity contribution is 6.31. The molecule has 0 radical (unpaired) electrons. The molecule has 1 aromatic carbocycles. The van der Waals surface area contributed by atoms with E-state index in [1.54, 1.807) is 19.2 Å². The number of hydrogen-bond donors (Lipinski definition) is 1. The first-order valence-electron chi connectivity index (χ1n) is 5.05. The summed E-state index contributed by atoms with van der Waals surface area (Å²) in [6.07, 6.45) is 0. The summed E-state index contributed by atoms with van der Waals surface area (Å²) in [5, 5.41) is 8.49. The number of nitrogens with zero attached hydrogens (tertiary/aromatic N) is 2. The number of methoxy groups -OCH3 is 1. The van der Waals surface area contributed by atoms with Crippen LogP contribution in [0, 0.1) is 6.92 Å². The molecule has 2 rings (SSSR count). The van der Waals surface area contributed by atoms with Crippen molar-refractivity contribution in [2.75, 3.05) is 12.8 Å². The molecule has 1 aromatic heterocycles. The highest BCUT2D eigenvalue weighted by Crippen LogP contribution is 2.33. The van der Waals surface area contributed by atoms with Gasteiger partial charge in [-0.2, -0.15) is 0 Å². The Morgan fingerprint density at radius 1 is 1.24 bits per heavy atom. The Morgan fingerprint density at radius 2 is 2.00 bits per heavy atom. The second-order valence-electron chi connectivity index (χ2n) is 3.65. The lowest BCUT2D eigenvalue weighted by molar-refractivity contribution is 0.416. The maximum absolute atomic E-state index is 6.10. The lowest BCUT2D eigenvalue weighted by Crippen LogP contribution is -1.96. The molecule has 0 aliphatic carbocycles. The summed E-state index contributed by atoms with van der Waals surface area (Å²) < 4.78 is 5.31. The molecule has 17 heavy (non-hydrogen) atoms. The number of hydrogen-bond acceptors (Lipinski definition) is 4. The Balaban J connectivity index is 2.57. The third-order valence-corrected chi connectivity index (χ3v) is 2.85. The first-order chi connectivity index (χ1) is 8.11. The normalized spacial score (nSPS) is 10.3. The van der Waals surface area contributed by atoms with Crippen LogP contribution in [0.25, 0.3) is 11.3 Å². The van der Waals surface area contributed by atoms with Crippen molar-refractivity contribution in [2.45, 2.75) is 6.92 Å². The minimum absolute atomic E-state index is 0.380. The predicted molar refractivity (Wildman–Crippen MR) is 68.2 cm³/mol. The fourth-order valence-electron chi connectivity index (χ4n) is 1.51. The molecule has 5 heteroatoms. The molecule has 0 spiro atoms. The smallest absolute Gasteiger partial charge is 0.146 e. The predicted octanol–water partition coefficient (Wildman–Crippen LogP) is 2.70. The number of nitrogen functional groups attached to an aromatic ring is 1. The van der Waals surface area contributed by atoms with Gasteiger partial charge in [0, 0.05) is 10.6 Å². The van der Waals surface area contributed by atoms with Gasteiger partial charge in [0.2, 0.25) is 0 Å². The number of nitrogens with two attached hydrogens (primary N) is 1. The maximum atomic E-state index is 6.10. The molecule has 0 amide bonds. The molecule has 0 atom stereocenters. The average molecular weight is 250 g/mol. The van der Waals surface area contributed by atoms with Crippen LogP contribution in [-0.4, -0.2) is 17.3 Å². The molecular formula is C12H12ClN3O. The Labute approximate surface area is 104 Å². The van der Waals surface area contributed by atoms with E-state index in [0.29, 0.717) is 22.3 Å². The van der Waals surface area contributed by atoms with Crippen molar-refractivity contribution in [2.24, 2.45) is 0 Å². The van der Waals surface area contributed by atoms with E-state index in [-0.39, 0.29) is 0 Å². The van der Waals surface area contributed by atoms with E-state index in [2.05, 4.69) is 10.2 Å². The largest absolute Gasteiger partial charge is 0.496 e. The third-order valence-electron chi connectivity index (χ3n) is 2.44. The SMILES string of the molecule is COc1cc(C)c(Cl)cc1-c1ccc(N)nn1. The van der Waals surface area contributed by atoms with Gasteiger partial charge in [-0.25, -0.2) is 0 Å². The lowest BCUT2D eigenvalue weighted by atomic mass is 10.1. The number of anilines is 1. The second kappa shape index (κ2) is 4.59. The van der Waals surface area contributed by atoms with Crippen molar-refractivity contribution in [3.63, 3.8) is 0 Å². The van der Waals surface area contributed by atoms with E-state index in [1.807, 2.05) is 19.1 Å². The highest BCUT2D eigenvalue weighted by atomic mass is 35.5. The topological polar surface area (TPSA) is 61.0 Å². The number of benzene rings is 1. The van der Waals surface area contributed by atoms with E-state index >= 15 is 0 Å². The molecule has 0 bridgehead atoms. The summed E-state index contributed by atoms with van der Waals surface area (Å²) in [5.74, 6) is 1.09. The molecule has 1 heterocycles. The third kappa shape index (κ3) is 2.31. The summed E-state index contributed by atoms with van der Waals surface area (Å²) in [6.45, 7) is 1.92. The summed E-state index contributed by atoms with van der Waals surface area (Å²) in [4.78, 5) is 0. The van der Waals surface area contributed by atoms with Crippen LogP contribution in [0.4, 0.5) is 5.82 Å². The van der Waals surface area contributed by atoms with Gasteiger partial charge in [-0.1, -0.05) is 11.6 Å². The van der Waals surface area contributed by atoms with E-state index in [9.17, 15) is 0 Å². The van der Waals surface area contributed by atoms with Crippen LogP contribution in [0.3, 0.4) is 0 Å². The quantitative estimate of drug-likeness (QED) is 0.889. The fourth-order valence-corrected chi connectivity index (χ4v) is 1.67. The first-order valence-corrected chi connectivity index (χ1v) is 5.43. The van der Waals surface area contributed by atoms with Gasteiger partial charge in [0.25, 0.3) is 0 Å². The van der Waals surface area contributed by atoms with Crippen molar-refractivity contribution >= 4 is 17.4 Å². The van der Waals surface area contributed by atoms with E-state index in [4.69, 9.17) is 22.1 Å². The number of aromatic nitrogens is 2. The monoisotopic (exact) mass is 249 g/mol. The molecule has 0 fully saturated rings. The van der Waals surface area contributed by atoms with Gasteiger partial charge in [-0.15, -0.1) is 10.2 Å². The zero-order chi connectivity index (χ0) is 12.4. The van der Waals surface area contributed by atoms with Crippen molar-refractivity contribution in [1.29, 1.82) is 0 Å². The Morgan fingerprint density at radius 3 is 2.59 bits per heavy atom. The first kappa shape index (κ1) is 11.7. The fraction of sp³-hybridized carbons (Fsp3) is 0.167. The zero-order valence-electron chi connectivity index (χ0n) is 9.57. The van der Waals surface area contributed by atoms with Crippen LogP contribution >= 0.6 is 11.6 Å². The molecule has 0 aliphatic rings. The molecule has 0 saturated heterocycles. The molecule has 0 saturated carbocycles. The minimum Gasteiger partial charge on any atom is -0.496 e. The van der Waals surface area contributed by atoms with E-state index < -0.39 is 0 Å². The number of rotatable bonds is 2. The summed E-state index contributed by atoms with van der Waals surface area (Å²) in [5.41, 5.74) is 7.93. The van der Waals surface area contributed by atoms with Crippen LogP contribution in [0.15, 0.2) is 24.3 Å². The van der Waals surface area contributed by atoms with E-state index in [1.165, 1.54) is 0 Å². The minimum atomic E-state index is 0.380. The Kier molecular flexibility index (Phi) is 3.15. The molecule has 88 valence electrons. The van der Waals surface area contributed by atoms with Crippen LogP contribution in [0.2, 0.25) is 5.02 Å². The summed E-state index contributed by atoms with van der Waals surface area (Å²) >= 11 is 6.10.